The highest BCUT2D eigenvalue weighted by Crippen LogP contribution is 2.13. The number of carbonyl (C=O) groups is 2. The molecule has 0 saturated heterocycles. The number of nitrogens with one attached hydrogen (secondary N) is 2. The van der Waals surface area contributed by atoms with Crippen molar-refractivity contribution < 1.29 is 9.59 Å². The molecule has 22 heavy (non-hydrogen) atoms. The summed E-state index contributed by atoms with van der Waals surface area (Å²) >= 11 is 3.32. The summed E-state index contributed by atoms with van der Waals surface area (Å²) in [4.78, 5) is 25.1. The molecule has 0 radical (unpaired) electrons. The van der Waals surface area contributed by atoms with Gasteiger partial charge in [0.2, 0.25) is 5.91 Å². The zero-order chi connectivity index (χ0) is 15.8. The van der Waals surface area contributed by atoms with Crippen molar-refractivity contribution in [2.75, 3.05) is 25.5 Å². The molecule has 124 valence electrons. The number of amides is 3. The standard InChI is InChI=1S/C14H21BrN4O2.ClH/c1-10(9-16)19(2)13(20)7-8-17-14(21)18-12-5-3-11(15)4-6-12;/h3-6,10H,7-9,16H2,1-2H3,(H2,17,18,21);1H. The Kier molecular flexibility index (Phi) is 9.80. The van der Waals surface area contributed by atoms with E-state index in [-0.39, 0.29) is 43.4 Å². The van der Waals surface area contributed by atoms with Gasteiger partial charge in [-0.05, 0) is 31.2 Å². The molecule has 0 aromatic heterocycles. The molecular formula is C14H22BrClN4O2. The van der Waals surface area contributed by atoms with Crippen molar-refractivity contribution >= 4 is 46.0 Å². The Morgan fingerprint density at radius 1 is 1.32 bits per heavy atom. The van der Waals surface area contributed by atoms with E-state index in [4.69, 9.17) is 5.73 Å². The number of likely N-dealkylation sites (N-methyl/N-ethyl adjacent to an activating group) is 1. The van der Waals surface area contributed by atoms with Crippen LogP contribution in [-0.4, -0.2) is 43.0 Å². The van der Waals surface area contributed by atoms with Crippen molar-refractivity contribution in [2.24, 2.45) is 5.73 Å². The first-order chi connectivity index (χ1) is 9.93. The predicted molar refractivity (Wildman–Crippen MR) is 94.3 cm³/mol. The van der Waals surface area contributed by atoms with Crippen LogP contribution in [0.2, 0.25) is 0 Å². The molecule has 0 aliphatic heterocycles. The van der Waals surface area contributed by atoms with Gasteiger partial charge in [0, 0.05) is 42.8 Å². The van der Waals surface area contributed by atoms with Crippen LogP contribution in [-0.2, 0) is 4.79 Å². The molecule has 1 unspecified atom stereocenters. The molecule has 0 aliphatic rings. The van der Waals surface area contributed by atoms with Crippen LogP contribution in [0.25, 0.3) is 0 Å². The Morgan fingerprint density at radius 2 is 1.91 bits per heavy atom. The lowest BCUT2D eigenvalue weighted by molar-refractivity contribution is -0.131. The van der Waals surface area contributed by atoms with Gasteiger partial charge in [0.1, 0.15) is 0 Å². The molecule has 0 heterocycles. The SMILES string of the molecule is CC(CN)N(C)C(=O)CCNC(=O)Nc1ccc(Br)cc1.Cl. The molecule has 1 atom stereocenters. The number of benzene rings is 1. The van der Waals surface area contributed by atoms with Crippen LogP contribution in [0.3, 0.4) is 0 Å². The lowest BCUT2D eigenvalue weighted by Crippen LogP contribution is -2.41. The molecule has 3 amide bonds. The summed E-state index contributed by atoms with van der Waals surface area (Å²) in [5.41, 5.74) is 6.20. The van der Waals surface area contributed by atoms with Crippen molar-refractivity contribution in [2.45, 2.75) is 19.4 Å². The molecule has 1 aromatic rings. The molecule has 0 bridgehead atoms. The second-order valence-electron chi connectivity index (χ2n) is 4.73. The molecule has 4 N–H and O–H groups in total. The van der Waals surface area contributed by atoms with Crippen molar-refractivity contribution in [3.63, 3.8) is 0 Å². The fraction of sp³-hybridized carbons (Fsp3) is 0.429. The van der Waals surface area contributed by atoms with Crippen LogP contribution in [0.1, 0.15) is 13.3 Å². The first-order valence-corrected chi connectivity index (χ1v) is 7.49. The molecule has 0 fully saturated rings. The minimum Gasteiger partial charge on any atom is -0.342 e. The average Bonchev–Trinajstić information content (AvgIpc) is 2.47. The van der Waals surface area contributed by atoms with Gasteiger partial charge in [-0.2, -0.15) is 0 Å². The largest absolute Gasteiger partial charge is 0.342 e. The number of carbonyl (C=O) groups excluding carboxylic acids is 2. The van der Waals surface area contributed by atoms with E-state index in [2.05, 4.69) is 26.6 Å². The monoisotopic (exact) mass is 392 g/mol. The molecule has 1 rings (SSSR count). The summed E-state index contributed by atoms with van der Waals surface area (Å²) in [6, 6.07) is 6.90. The van der Waals surface area contributed by atoms with E-state index in [1.54, 1.807) is 24.1 Å². The number of anilines is 1. The summed E-state index contributed by atoms with van der Waals surface area (Å²) < 4.78 is 0.941. The Balaban J connectivity index is 0.00000441. The van der Waals surface area contributed by atoms with Gasteiger partial charge in [0.05, 0.1) is 0 Å². The number of urea groups is 1. The number of rotatable bonds is 6. The van der Waals surface area contributed by atoms with Crippen LogP contribution in [0, 0.1) is 0 Å². The highest BCUT2D eigenvalue weighted by Gasteiger charge is 2.14. The van der Waals surface area contributed by atoms with Crippen molar-refractivity contribution in [1.29, 1.82) is 0 Å². The lowest BCUT2D eigenvalue weighted by atomic mass is 10.2. The summed E-state index contributed by atoms with van der Waals surface area (Å²) in [6.45, 7) is 2.58. The topological polar surface area (TPSA) is 87.5 Å². The second-order valence-corrected chi connectivity index (χ2v) is 5.64. The van der Waals surface area contributed by atoms with Gasteiger partial charge in [-0.15, -0.1) is 12.4 Å². The lowest BCUT2D eigenvalue weighted by Gasteiger charge is -2.23. The average molecular weight is 394 g/mol. The van der Waals surface area contributed by atoms with E-state index in [1.807, 2.05) is 19.1 Å². The third-order valence-corrected chi connectivity index (χ3v) is 3.65. The molecule has 8 heteroatoms. The highest BCUT2D eigenvalue weighted by atomic mass is 79.9. The predicted octanol–water partition coefficient (Wildman–Crippen LogP) is 2.19. The van der Waals surface area contributed by atoms with Crippen molar-refractivity contribution in [1.82, 2.24) is 10.2 Å². The van der Waals surface area contributed by atoms with Crippen LogP contribution in [0.4, 0.5) is 10.5 Å². The van der Waals surface area contributed by atoms with Crippen LogP contribution >= 0.6 is 28.3 Å². The number of hydrogen-bond donors (Lipinski definition) is 3. The molecule has 1 aromatic carbocycles. The van der Waals surface area contributed by atoms with Gasteiger partial charge < -0.3 is 21.3 Å². The fourth-order valence-corrected chi connectivity index (χ4v) is 1.84. The van der Waals surface area contributed by atoms with Crippen LogP contribution < -0.4 is 16.4 Å². The second kappa shape index (κ2) is 10.4. The first-order valence-electron chi connectivity index (χ1n) is 6.70. The normalized spacial score (nSPS) is 11.1. The Labute approximate surface area is 145 Å². The summed E-state index contributed by atoms with van der Waals surface area (Å²) in [5, 5.41) is 5.34. The maximum atomic E-state index is 11.8. The Morgan fingerprint density at radius 3 is 2.45 bits per heavy atom. The maximum Gasteiger partial charge on any atom is 0.319 e. The summed E-state index contributed by atoms with van der Waals surface area (Å²) in [5.74, 6) is -0.0445. The van der Waals surface area contributed by atoms with Gasteiger partial charge in [-0.1, -0.05) is 15.9 Å². The zero-order valence-corrected chi connectivity index (χ0v) is 15.0. The van der Waals surface area contributed by atoms with E-state index in [0.29, 0.717) is 12.2 Å². The Hall–Kier alpha value is -1.31. The number of hydrogen-bond acceptors (Lipinski definition) is 3. The number of nitrogens with two attached hydrogens (primary N) is 1. The number of halogens is 2. The van der Waals surface area contributed by atoms with Gasteiger partial charge >= 0.3 is 6.03 Å². The van der Waals surface area contributed by atoms with E-state index < -0.39 is 0 Å². The summed E-state index contributed by atoms with van der Waals surface area (Å²) in [6.07, 6.45) is 0.245. The molecule has 0 spiro atoms. The third kappa shape index (κ3) is 7.11. The molecular weight excluding hydrogens is 372 g/mol. The molecule has 0 aliphatic carbocycles. The van der Waals surface area contributed by atoms with Crippen LogP contribution in [0.5, 0.6) is 0 Å². The first kappa shape index (κ1) is 20.7. The quantitative estimate of drug-likeness (QED) is 0.692. The van der Waals surface area contributed by atoms with Crippen molar-refractivity contribution in [3.05, 3.63) is 28.7 Å². The zero-order valence-electron chi connectivity index (χ0n) is 12.6. The van der Waals surface area contributed by atoms with Crippen molar-refractivity contribution in [3.8, 4) is 0 Å². The van der Waals surface area contributed by atoms with Crippen LogP contribution in [0.15, 0.2) is 28.7 Å². The minimum absolute atomic E-state index is 0. The van der Waals surface area contributed by atoms with E-state index in [9.17, 15) is 9.59 Å². The number of nitrogens with zero attached hydrogens (tertiary/aromatic N) is 1. The third-order valence-electron chi connectivity index (χ3n) is 3.12. The fourth-order valence-electron chi connectivity index (χ4n) is 1.57. The Bertz CT molecular complexity index is 484. The maximum absolute atomic E-state index is 11.8. The van der Waals surface area contributed by atoms with Gasteiger partial charge in [0.25, 0.3) is 0 Å². The summed E-state index contributed by atoms with van der Waals surface area (Å²) in [7, 11) is 1.71. The molecule has 0 saturated carbocycles. The smallest absolute Gasteiger partial charge is 0.319 e. The minimum atomic E-state index is -0.334. The van der Waals surface area contributed by atoms with Gasteiger partial charge in [0.15, 0.2) is 0 Å². The highest BCUT2D eigenvalue weighted by molar-refractivity contribution is 9.10. The molecule has 6 nitrogen and oxygen atoms in total. The van der Waals surface area contributed by atoms with E-state index >= 15 is 0 Å². The van der Waals surface area contributed by atoms with E-state index in [1.165, 1.54) is 0 Å². The van der Waals surface area contributed by atoms with Gasteiger partial charge in [-0.3, -0.25) is 4.79 Å². The van der Waals surface area contributed by atoms with E-state index in [0.717, 1.165) is 4.47 Å². The van der Waals surface area contributed by atoms with Gasteiger partial charge in [-0.25, -0.2) is 4.79 Å².